The first kappa shape index (κ1) is 19.8. The van der Waals surface area contributed by atoms with Gasteiger partial charge in [0.05, 0.1) is 15.6 Å². The fraction of sp³-hybridized carbons (Fsp3) is 0. The molecule has 4 N–H and O–H groups in total. The second-order valence-electron chi connectivity index (χ2n) is 4.96. The van der Waals surface area contributed by atoms with Crippen LogP contribution in [-0.4, -0.2) is 14.3 Å². The Morgan fingerprint density at radius 2 is 1.81 bits per heavy atom. The Morgan fingerprint density at radius 1 is 1.15 bits per heavy atom. The number of nitriles is 1. The molecule has 0 heterocycles. The van der Waals surface area contributed by atoms with Crippen LogP contribution in [0.15, 0.2) is 59.1 Å². The van der Waals surface area contributed by atoms with Crippen LogP contribution >= 0.6 is 23.2 Å². The van der Waals surface area contributed by atoms with Crippen molar-refractivity contribution in [3.63, 3.8) is 0 Å². The lowest BCUT2D eigenvalue weighted by molar-refractivity contribution is -0.112. The predicted molar refractivity (Wildman–Crippen MR) is 100 cm³/mol. The molecule has 0 radical (unpaired) electrons. The molecule has 26 heavy (non-hydrogen) atoms. The summed E-state index contributed by atoms with van der Waals surface area (Å²) in [4.78, 5) is 12.1. The normalized spacial score (nSPS) is 11.5. The molecule has 134 valence electrons. The molecular weight excluding hydrogens is 399 g/mol. The zero-order chi connectivity index (χ0) is 19.3. The molecule has 2 aromatic rings. The van der Waals surface area contributed by atoms with Crippen molar-refractivity contribution in [3.8, 4) is 6.07 Å². The van der Waals surface area contributed by atoms with Gasteiger partial charge in [0.15, 0.2) is 0 Å². The van der Waals surface area contributed by atoms with Gasteiger partial charge in [-0.25, -0.2) is 13.6 Å². The summed E-state index contributed by atoms with van der Waals surface area (Å²) in [5.74, 6) is -0.676. The molecule has 0 saturated heterocycles. The Labute approximate surface area is 160 Å². The van der Waals surface area contributed by atoms with E-state index in [-0.39, 0.29) is 15.5 Å². The third kappa shape index (κ3) is 5.21. The molecule has 1 amide bonds. The summed E-state index contributed by atoms with van der Waals surface area (Å²) in [5, 5.41) is 20.0. The highest BCUT2D eigenvalue weighted by molar-refractivity contribution is 7.89. The van der Waals surface area contributed by atoms with Gasteiger partial charge in [-0.2, -0.15) is 5.26 Å². The molecule has 0 aliphatic heterocycles. The number of hydrogen-bond donors (Lipinski definition) is 3. The van der Waals surface area contributed by atoms with Crippen LogP contribution in [0, 0.1) is 11.3 Å². The monoisotopic (exact) mass is 410 g/mol. The van der Waals surface area contributed by atoms with Crippen molar-refractivity contribution in [1.29, 1.82) is 5.26 Å². The van der Waals surface area contributed by atoms with Crippen molar-refractivity contribution in [2.24, 2.45) is 5.14 Å². The van der Waals surface area contributed by atoms with Gasteiger partial charge in [-0.3, -0.25) is 4.79 Å². The lowest BCUT2D eigenvalue weighted by Gasteiger charge is -2.07. The van der Waals surface area contributed by atoms with Crippen molar-refractivity contribution in [3.05, 3.63) is 64.3 Å². The van der Waals surface area contributed by atoms with E-state index in [1.165, 1.54) is 42.6 Å². The number of sulfonamides is 1. The van der Waals surface area contributed by atoms with Gasteiger partial charge in [0.25, 0.3) is 5.91 Å². The molecule has 0 fully saturated rings. The summed E-state index contributed by atoms with van der Waals surface area (Å²) >= 11 is 11.8. The van der Waals surface area contributed by atoms with Crippen LogP contribution in [0.3, 0.4) is 0 Å². The topological polar surface area (TPSA) is 125 Å². The molecule has 0 aliphatic rings. The predicted octanol–water partition coefficient (Wildman–Crippen LogP) is 3.10. The van der Waals surface area contributed by atoms with Crippen LogP contribution in [0.1, 0.15) is 0 Å². The van der Waals surface area contributed by atoms with E-state index in [0.717, 1.165) is 0 Å². The first-order valence-corrected chi connectivity index (χ1v) is 9.27. The molecule has 0 spiro atoms. The number of primary sulfonamides is 1. The minimum Gasteiger partial charge on any atom is -0.360 e. The zero-order valence-electron chi connectivity index (χ0n) is 13.0. The van der Waals surface area contributed by atoms with Crippen molar-refractivity contribution in [2.75, 3.05) is 10.6 Å². The molecule has 2 rings (SSSR count). The highest BCUT2D eigenvalue weighted by Gasteiger charge is 2.12. The Balaban J connectivity index is 2.12. The van der Waals surface area contributed by atoms with Crippen LogP contribution in [0.5, 0.6) is 0 Å². The third-order valence-electron chi connectivity index (χ3n) is 3.11. The second-order valence-corrected chi connectivity index (χ2v) is 7.37. The Hall–Kier alpha value is -2.57. The first-order chi connectivity index (χ1) is 12.2. The Morgan fingerprint density at radius 3 is 2.35 bits per heavy atom. The van der Waals surface area contributed by atoms with Crippen LogP contribution in [0.2, 0.25) is 10.0 Å². The van der Waals surface area contributed by atoms with E-state index in [9.17, 15) is 13.2 Å². The first-order valence-electron chi connectivity index (χ1n) is 6.97. The Kier molecular flexibility index (Phi) is 6.23. The molecule has 0 unspecified atom stereocenters. The third-order valence-corrected chi connectivity index (χ3v) is 4.59. The average molecular weight is 411 g/mol. The Bertz CT molecular complexity index is 1010. The number of carbonyl (C=O) groups is 1. The van der Waals surface area contributed by atoms with Crippen molar-refractivity contribution in [1.82, 2.24) is 0 Å². The van der Waals surface area contributed by atoms with Crippen LogP contribution in [0.25, 0.3) is 0 Å². The molecule has 0 aromatic heterocycles. The standard InChI is InChI=1S/C16H12Cl2N4O3S/c17-11-1-6-15(14(18)7-11)22-16(23)10(8-19)9-21-12-2-4-13(5-3-12)26(20,24)25/h1-7,9,21H,(H,22,23)(H2,20,24,25)/b10-9-. The number of anilines is 2. The van der Waals surface area contributed by atoms with Gasteiger partial charge in [-0.1, -0.05) is 23.2 Å². The summed E-state index contributed by atoms with van der Waals surface area (Å²) < 4.78 is 22.4. The number of amides is 1. The van der Waals surface area contributed by atoms with Gasteiger partial charge in [0.2, 0.25) is 10.0 Å². The summed E-state index contributed by atoms with van der Waals surface area (Å²) in [7, 11) is -3.79. The highest BCUT2D eigenvalue weighted by Crippen LogP contribution is 2.25. The van der Waals surface area contributed by atoms with E-state index in [2.05, 4.69) is 10.6 Å². The van der Waals surface area contributed by atoms with Gasteiger partial charge in [0.1, 0.15) is 11.6 Å². The van der Waals surface area contributed by atoms with E-state index in [4.69, 9.17) is 33.6 Å². The van der Waals surface area contributed by atoms with Gasteiger partial charge in [-0.05, 0) is 42.5 Å². The molecule has 0 atom stereocenters. The summed E-state index contributed by atoms with van der Waals surface area (Å²) in [6.45, 7) is 0. The largest absolute Gasteiger partial charge is 0.360 e. The SMILES string of the molecule is N#C/C(=C/Nc1ccc(S(N)(=O)=O)cc1)C(=O)Nc1ccc(Cl)cc1Cl. The fourth-order valence-electron chi connectivity index (χ4n) is 1.83. The zero-order valence-corrected chi connectivity index (χ0v) is 15.4. The second kappa shape index (κ2) is 8.21. The maximum absolute atomic E-state index is 12.2. The fourth-order valence-corrected chi connectivity index (χ4v) is 2.80. The number of hydrogen-bond acceptors (Lipinski definition) is 5. The van der Waals surface area contributed by atoms with Gasteiger partial charge in [-0.15, -0.1) is 0 Å². The van der Waals surface area contributed by atoms with Crippen LogP contribution < -0.4 is 15.8 Å². The van der Waals surface area contributed by atoms with Crippen molar-refractivity contribution in [2.45, 2.75) is 4.90 Å². The minimum absolute atomic E-state index is 0.0531. The summed E-state index contributed by atoms with van der Waals surface area (Å²) in [5.41, 5.74) is 0.550. The van der Waals surface area contributed by atoms with Crippen molar-refractivity contribution >= 4 is 50.5 Å². The molecular formula is C16H12Cl2N4O3S. The van der Waals surface area contributed by atoms with Crippen LogP contribution in [0.4, 0.5) is 11.4 Å². The van der Waals surface area contributed by atoms with E-state index < -0.39 is 15.9 Å². The number of rotatable bonds is 5. The lowest BCUT2D eigenvalue weighted by atomic mass is 10.2. The summed E-state index contributed by atoms with van der Waals surface area (Å²) in [6.07, 6.45) is 1.19. The number of nitrogens with one attached hydrogen (secondary N) is 2. The number of benzene rings is 2. The number of nitrogens with zero attached hydrogens (tertiary/aromatic N) is 1. The van der Waals surface area contributed by atoms with Crippen molar-refractivity contribution < 1.29 is 13.2 Å². The van der Waals surface area contributed by atoms with Gasteiger partial charge < -0.3 is 10.6 Å². The smallest absolute Gasteiger partial charge is 0.267 e. The maximum atomic E-state index is 12.2. The molecule has 2 aromatic carbocycles. The molecule has 0 bridgehead atoms. The van der Waals surface area contributed by atoms with Gasteiger partial charge in [0, 0.05) is 16.9 Å². The molecule has 0 aliphatic carbocycles. The minimum atomic E-state index is -3.79. The highest BCUT2D eigenvalue weighted by atomic mass is 35.5. The quantitative estimate of drug-likeness (QED) is 0.515. The lowest BCUT2D eigenvalue weighted by Crippen LogP contribution is -2.15. The summed E-state index contributed by atoms with van der Waals surface area (Å²) in [6, 6.07) is 11.8. The molecule has 10 heteroatoms. The van der Waals surface area contributed by atoms with E-state index in [0.29, 0.717) is 16.4 Å². The maximum Gasteiger partial charge on any atom is 0.267 e. The molecule has 0 saturated carbocycles. The average Bonchev–Trinajstić information content (AvgIpc) is 2.57. The number of halogens is 2. The van der Waals surface area contributed by atoms with E-state index in [1.54, 1.807) is 12.1 Å². The van der Waals surface area contributed by atoms with E-state index in [1.807, 2.05) is 0 Å². The number of nitrogens with two attached hydrogens (primary N) is 1. The van der Waals surface area contributed by atoms with Crippen LogP contribution in [-0.2, 0) is 14.8 Å². The van der Waals surface area contributed by atoms with Gasteiger partial charge >= 0.3 is 0 Å². The number of carbonyl (C=O) groups excluding carboxylic acids is 1. The van der Waals surface area contributed by atoms with E-state index >= 15 is 0 Å². The molecule has 7 nitrogen and oxygen atoms in total.